The molecule has 0 radical (unpaired) electrons. The van der Waals surface area contributed by atoms with Gasteiger partial charge in [0.05, 0.1) is 11.7 Å². The summed E-state index contributed by atoms with van der Waals surface area (Å²) in [5.41, 5.74) is -0.194. The van der Waals surface area contributed by atoms with Crippen molar-refractivity contribution in [3.8, 4) is 0 Å². The number of hydrogen-bond donors (Lipinski definition) is 0. The predicted molar refractivity (Wildman–Crippen MR) is 67.2 cm³/mol. The lowest BCUT2D eigenvalue weighted by atomic mass is 9.84. The fraction of sp³-hybridized carbons (Fsp3) is 1.00. The van der Waals surface area contributed by atoms with E-state index in [1.807, 2.05) is 20.8 Å². The molecule has 0 bridgehead atoms. The SMILES string of the molecule is CCCC(OOC(C)(C)C)C1CCCCC1. The summed E-state index contributed by atoms with van der Waals surface area (Å²) in [5.74, 6) is 0.719. The zero-order valence-electron chi connectivity index (χ0n) is 11.4. The standard InChI is InChI=1S/C14H28O2/c1-5-9-13(15-16-14(2,3)4)12-10-7-6-8-11-12/h12-13H,5-11H2,1-4H3. The summed E-state index contributed by atoms with van der Waals surface area (Å²) in [4.78, 5) is 11.2. The van der Waals surface area contributed by atoms with E-state index >= 15 is 0 Å². The lowest BCUT2D eigenvalue weighted by Crippen LogP contribution is -2.30. The molecule has 0 spiro atoms. The Hall–Kier alpha value is -0.0800. The number of hydrogen-bond acceptors (Lipinski definition) is 2. The van der Waals surface area contributed by atoms with E-state index in [4.69, 9.17) is 9.78 Å². The lowest BCUT2D eigenvalue weighted by molar-refractivity contribution is -0.382. The van der Waals surface area contributed by atoms with Crippen LogP contribution in [-0.2, 0) is 9.78 Å². The van der Waals surface area contributed by atoms with E-state index in [1.54, 1.807) is 0 Å². The first-order chi connectivity index (χ1) is 7.53. The Morgan fingerprint density at radius 2 is 1.75 bits per heavy atom. The largest absolute Gasteiger partial charge is 0.233 e. The molecule has 0 aromatic rings. The van der Waals surface area contributed by atoms with E-state index in [0.29, 0.717) is 6.10 Å². The molecule has 0 N–H and O–H groups in total. The van der Waals surface area contributed by atoms with E-state index in [2.05, 4.69) is 6.92 Å². The van der Waals surface area contributed by atoms with E-state index in [9.17, 15) is 0 Å². The highest BCUT2D eigenvalue weighted by Gasteiger charge is 2.26. The fourth-order valence-corrected chi connectivity index (χ4v) is 2.36. The molecule has 0 amide bonds. The van der Waals surface area contributed by atoms with Gasteiger partial charge >= 0.3 is 0 Å². The average Bonchev–Trinajstić information content (AvgIpc) is 2.24. The fourth-order valence-electron chi connectivity index (χ4n) is 2.36. The summed E-state index contributed by atoms with van der Waals surface area (Å²) in [5, 5.41) is 0. The summed E-state index contributed by atoms with van der Waals surface area (Å²) < 4.78 is 0. The molecule has 0 saturated heterocycles. The Morgan fingerprint density at radius 1 is 1.12 bits per heavy atom. The van der Waals surface area contributed by atoms with Gasteiger partial charge in [-0.15, -0.1) is 0 Å². The lowest BCUT2D eigenvalue weighted by Gasteiger charge is -2.31. The normalized spacial score (nSPS) is 21.0. The molecule has 1 fully saturated rings. The van der Waals surface area contributed by atoms with Crippen LogP contribution in [0.2, 0.25) is 0 Å². The second kappa shape index (κ2) is 6.61. The van der Waals surface area contributed by atoms with Crippen molar-refractivity contribution in [3.63, 3.8) is 0 Å². The van der Waals surface area contributed by atoms with Gasteiger partial charge in [0.15, 0.2) is 0 Å². The maximum atomic E-state index is 5.69. The quantitative estimate of drug-likeness (QED) is 0.510. The van der Waals surface area contributed by atoms with Crippen molar-refractivity contribution in [1.82, 2.24) is 0 Å². The van der Waals surface area contributed by atoms with Crippen LogP contribution in [0.15, 0.2) is 0 Å². The molecule has 96 valence electrons. The Balaban J connectivity index is 2.39. The number of rotatable bonds is 5. The van der Waals surface area contributed by atoms with E-state index in [0.717, 1.165) is 12.3 Å². The monoisotopic (exact) mass is 228 g/mol. The van der Waals surface area contributed by atoms with E-state index in [1.165, 1.54) is 38.5 Å². The molecule has 1 aliphatic carbocycles. The summed E-state index contributed by atoms with van der Waals surface area (Å²) in [7, 11) is 0. The van der Waals surface area contributed by atoms with Gasteiger partial charge < -0.3 is 0 Å². The first-order valence-electron chi connectivity index (χ1n) is 6.87. The highest BCUT2D eigenvalue weighted by molar-refractivity contribution is 4.73. The van der Waals surface area contributed by atoms with E-state index < -0.39 is 0 Å². The van der Waals surface area contributed by atoms with Gasteiger partial charge in [0.25, 0.3) is 0 Å². The smallest absolute Gasteiger partial charge is 0.0958 e. The van der Waals surface area contributed by atoms with Gasteiger partial charge in [-0.05, 0) is 46.0 Å². The van der Waals surface area contributed by atoms with Gasteiger partial charge in [0, 0.05) is 0 Å². The highest BCUT2D eigenvalue weighted by atomic mass is 17.2. The highest BCUT2D eigenvalue weighted by Crippen LogP contribution is 2.30. The van der Waals surface area contributed by atoms with Gasteiger partial charge in [-0.2, -0.15) is 0 Å². The van der Waals surface area contributed by atoms with Crippen molar-refractivity contribution in [2.24, 2.45) is 5.92 Å². The van der Waals surface area contributed by atoms with Gasteiger partial charge in [-0.25, -0.2) is 9.78 Å². The van der Waals surface area contributed by atoms with Crippen molar-refractivity contribution in [2.45, 2.75) is 84.3 Å². The molecule has 1 rings (SSSR count). The molecular weight excluding hydrogens is 200 g/mol. The summed E-state index contributed by atoms with van der Waals surface area (Å²) in [6, 6.07) is 0. The topological polar surface area (TPSA) is 18.5 Å². The molecule has 16 heavy (non-hydrogen) atoms. The molecule has 0 aromatic heterocycles. The van der Waals surface area contributed by atoms with Crippen LogP contribution in [0.5, 0.6) is 0 Å². The van der Waals surface area contributed by atoms with Crippen molar-refractivity contribution in [1.29, 1.82) is 0 Å². The van der Waals surface area contributed by atoms with Crippen LogP contribution in [0.3, 0.4) is 0 Å². The van der Waals surface area contributed by atoms with Crippen molar-refractivity contribution >= 4 is 0 Å². The Labute approximate surface area is 101 Å². The maximum absolute atomic E-state index is 5.69. The molecule has 2 heteroatoms. The van der Waals surface area contributed by atoms with Crippen molar-refractivity contribution < 1.29 is 9.78 Å². The molecule has 1 saturated carbocycles. The maximum Gasteiger partial charge on any atom is 0.0958 e. The molecule has 2 nitrogen and oxygen atoms in total. The zero-order chi connectivity index (χ0) is 12.0. The third-order valence-electron chi connectivity index (χ3n) is 3.17. The summed E-state index contributed by atoms with van der Waals surface area (Å²) >= 11 is 0. The minimum atomic E-state index is -0.194. The van der Waals surface area contributed by atoms with Crippen LogP contribution >= 0.6 is 0 Å². The van der Waals surface area contributed by atoms with Crippen LogP contribution in [0.1, 0.15) is 72.6 Å². The Morgan fingerprint density at radius 3 is 2.25 bits per heavy atom. The molecule has 1 unspecified atom stereocenters. The van der Waals surface area contributed by atoms with Crippen LogP contribution in [0.4, 0.5) is 0 Å². The minimum Gasteiger partial charge on any atom is -0.233 e. The first kappa shape index (κ1) is 14.0. The summed E-state index contributed by atoms with van der Waals surface area (Å²) in [6.07, 6.45) is 9.37. The molecule has 1 aliphatic rings. The molecule has 1 atom stereocenters. The van der Waals surface area contributed by atoms with Crippen LogP contribution < -0.4 is 0 Å². The summed E-state index contributed by atoms with van der Waals surface area (Å²) in [6.45, 7) is 8.33. The zero-order valence-corrected chi connectivity index (χ0v) is 11.4. The van der Waals surface area contributed by atoms with Crippen LogP contribution in [0, 0.1) is 5.92 Å². The van der Waals surface area contributed by atoms with E-state index in [-0.39, 0.29) is 5.60 Å². The molecule has 0 heterocycles. The van der Waals surface area contributed by atoms with Gasteiger partial charge in [-0.3, -0.25) is 0 Å². The second-order valence-electron chi connectivity index (χ2n) is 6.02. The van der Waals surface area contributed by atoms with Gasteiger partial charge in [0.2, 0.25) is 0 Å². The van der Waals surface area contributed by atoms with Crippen LogP contribution in [0.25, 0.3) is 0 Å². The second-order valence-corrected chi connectivity index (χ2v) is 6.02. The third-order valence-corrected chi connectivity index (χ3v) is 3.17. The molecular formula is C14H28O2. The Bertz CT molecular complexity index is 178. The van der Waals surface area contributed by atoms with Gasteiger partial charge in [-0.1, -0.05) is 32.6 Å². The van der Waals surface area contributed by atoms with Crippen molar-refractivity contribution in [2.75, 3.05) is 0 Å². The third kappa shape index (κ3) is 5.31. The molecule has 0 aliphatic heterocycles. The molecule has 0 aromatic carbocycles. The predicted octanol–water partition coefficient (Wildman–Crippen LogP) is 4.48. The minimum absolute atomic E-state index is 0.194. The average molecular weight is 228 g/mol. The van der Waals surface area contributed by atoms with Crippen molar-refractivity contribution in [3.05, 3.63) is 0 Å². The first-order valence-corrected chi connectivity index (χ1v) is 6.87. The Kier molecular flexibility index (Phi) is 5.77. The van der Waals surface area contributed by atoms with Gasteiger partial charge in [0.1, 0.15) is 0 Å². The van der Waals surface area contributed by atoms with Crippen LogP contribution in [-0.4, -0.2) is 11.7 Å².